The molecule has 512 valence electrons. The van der Waals surface area contributed by atoms with E-state index in [0.717, 1.165) is 16.9 Å². The standard InChI is InChI=1S/C66H109N5O18S/c1-39-21-15-14-16-22-40(2)55(83-11)37-50-27-25-45(7)66(80,89-50)61(75)63(77)71-30-20-18-24-52(71)65(79)87-56(42(4)35-49-26-28-54(86-32-31-72)57(36-49)84-12)38-53(73)41(3)34-44(6)59(60(85-13)58(74)43(5)33-39)88-64(78)47(9)46(8)48(10)69-62(76)51(23-17-19-29-67)70-90(68,81)82/h14-16,21-22,34,39,41-43,45-52,54-57,59-60,70,72,80H,17-20,23-33,35-38,67H2,1-13H3,(H,69,76)(H2,68,81,82)/b16-14?,21-15+,40-22?,44-34+/t39-,41-,42-,43-,45-,46+,47+,48-,49+,50+,51+,52+,54-,55+,56?,57-,59-,60+,66-/m1/s1. The van der Waals surface area contributed by atoms with Crippen LogP contribution >= 0.6 is 0 Å². The second-order valence-electron chi connectivity index (χ2n) is 26.0. The summed E-state index contributed by atoms with van der Waals surface area (Å²) in [6.45, 7) is 17.8. The summed E-state index contributed by atoms with van der Waals surface area (Å²) in [5.41, 5.74) is 6.78. The number of unbranched alkanes of at least 4 members (excludes halogenated alkanes) is 1. The first-order valence-electron chi connectivity index (χ1n) is 32.5. The summed E-state index contributed by atoms with van der Waals surface area (Å²) in [5, 5.41) is 29.7. The SMILES string of the molecule is CO[C@H]1C[C@@H]2CC[C@@H](C)[C@@](O)(O2)C(=O)C(=O)N2CCCC[C@H]2C(=O)OC([C@H](C)C[C@@H]2CC[C@@H](OCCO)[C@H](OC)C2)CC(=O)[C@H](C)/C=C(\C)[C@@H](OC(=O)[C@@H](C)[C@H](C)[C@@H](C)NC(=O)[C@H](CCCCN)NS(N)(=O)=O)[C@@H](OC)C(=O)[C@H](C)C[C@H](C)/C=C/C=CC=C1C. The van der Waals surface area contributed by atoms with Gasteiger partial charge in [0.05, 0.1) is 43.5 Å². The summed E-state index contributed by atoms with van der Waals surface area (Å²) < 4.78 is 68.9. The van der Waals surface area contributed by atoms with Gasteiger partial charge in [0.25, 0.3) is 21.9 Å². The summed E-state index contributed by atoms with van der Waals surface area (Å²) in [6, 6.07) is -3.15. The van der Waals surface area contributed by atoms with Crippen molar-refractivity contribution in [2.24, 2.45) is 58.2 Å². The van der Waals surface area contributed by atoms with Crippen LogP contribution in [0.15, 0.2) is 47.6 Å². The maximum absolute atomic E-state index is 14.9. The number of allylic oxidation sites excluding steroid dienone is 6. The summed E-state index contributed by atoms with van der Waals surface area (Å²) >= 11 is 0. The van der Waals surface area contributed by atoms with E-state index >= 15 is 0 Å². The van der Waals surface area contributed by atoms with E-state index in [1.807, 2.05) is 51.2 Å². The Bertz CT molecular complexity index is 2610. The largest absolute Gasteiger partial charge is 0.460 e. The minimum atomic E-state index is -4.27. The number of nitrogens with one attached hydrogen (secondary N) is 2. The van der Waals surface area contributed by atoms with Crippen LogP contribution in [0.2, 0.25) is 0 Å². The van der Waals surface area contributed by atoms with Crippen LogP contribution in [0.1, 0.15) is 166 Å². The third-order valence-electron chi connectivity index (χ3n) is 19.0. The number of esters is 2. The van der Waals surface area contributed by atoms with Crippen LogP contribution < -0.4 is 20.9 Å². The molecule has 90 heavy (non-hydrogen) atoms. The van der Waals surface area contributed by atoms with Gasteiger partial charge in [0.2, 0.25) is 11.7 Å². The van der Waals surface area contributed by atoms with Crippen molar-refractivity contribution in [2.45, 2.75) is 232 Å². The van der Waals surface area contributed by atoms with Crippen molar-refractivity contribution >= 4 is 51.3 Å². The van der Waals surface area contributed by atoms with Gasteiger partial charge in [-0.15, -0.1) is 0 Å². The Morgan fingerprint density at radius 2 is 1.57 bits per heavy atom. The Morgan fingerprint density at radius 3 is 2.21 bits per heavy atom. The molecule has 3 heterocycles. The number of carbonyl (C=O) groups excluding carboxylic acids is 7. The fourth-order valence-electron chi connectivity index (χ4n) is 12.9. The molecule has 2 bridgehead atoms. The third-order valence-corrected chi connectivity index (χ3v) is 19.6. The molecule has 8 N–H and O–H groups in total. The fourth-order valence-corrected chi connectivity index (χ4v) is 13.5. The first-order valence-corrected chi connectivity index (χ1v) is 34.0. The van der Waals surface area contributed by atoms with E-state index in [1.165, 1.54) is 7.11 Å². The monoisotopic (exact) mass is 1290 g/mol. The number of nitrogens with zero attached hydrogens (tertiary/aromatic N) is 1. The van der Waals surface area contributed by atoms with Crippen LogP contribution in [-0.2, 0) is 76.9 Å². The molecule has 2 saturated heterocycles. The number of piperidine rings is 1. The van der Waals surface area contributed by atoms with Crippen LogP contribution in [0.3, 0.4) is 0 Å². The highest BCUT2D eigenvalue weighted by molar-refractivity contribution is 7.87. The third kappa shape index (κ3) is 22.9. The molecule has 24 heteroatoms. The van der Waals surface area contributed by atoms with Crippen LogP contribution in [0.4, 0.5) is 0 Å². The molecule has 0 aromatic rings. The number of aliphatic hydroxyl groups is 2. The average molecular weight is 1290 g/mol. The van der Waals surface area contributed by atoms with E-state index in [0.29, 0.717) is 76.3 Å². The molecule has 0 spiro atoms. The van der Waals surface area contributed by atoms with Gasteiger partial charge in [0.1, 0.15) is 24.0 Å². The van der Waals surface area contributed by atoms with Crippen LogP contribution in [0, 0.1) is 47.3 Å². The summed E-state index contributed by atoms with van der Waals surface area (Å²) in [6.07, 6.45) is 11.4. The predicted molar refractivity (Wildman–Crippen MR) is 339 cm³/mol. The van der Waals surface area contributed by atoms with Gasteiger partial charge in [-0.1, -0.05) is 91.3 Å². The van der Waals surface area contributed by atoms with Crippen molar-refractivity contribution in [1.29, 1.82) is 0 Å². The minimum absolute atomic E-state index is 0.0240. The molecular weight excluding hydrogens is 1180 g/mol. The number of hydrogen-bond acceptors (Lipinski definition) is 19. The Kier molecular flexibility index (Phi) is 32.3. The summed E-state index contributed by atoms with van der Waals surface area (Å²) in [7, 11) is 0.222. The van der Waals surface area contributed by atoms with Crippen molar-refractivity contribution < 1.29 is 85.4 Å². The topological polar surface area (TPSA) is 338 Å². The smallest absolute Gasteiger partial charge is 0.329 e. The van der Waals surface area contributed by atoms with Crippen LogP contribution in [0.5, 0.6) is 0 Å². The molecule has 0 aromatic heterocycles. The number of ketones is 3. The molecule has 23 nitrogen and oxygen atoms in total. The maximum atomic E-state index is 14.9. The molecule has 4 aliphatic rings. The number of hydrogen-bond donors (Lipinski definition) is 6. The van der Waals surface area contributed by atoms with Gasteiger partial charge in [-0.05, 0) is 139 Å². The zero-order valence-electron chi connectivity index (χ0n) is 55.7. The van der Waals surface area contributed by atoms with Gasteiger partial charge in [0.15, 0.2) is 18.0 Å². The first-order chi connectivity index (χ1) is 42.4. The van der Waals surface area contributed by atoms with E-state index in [-0.39, 0.29) is 81.1 Å². The molecular formula is C66H109N5O18S. The molecule has 0 radical (unpaired) electrons. The second-order valence-corrected chi connectivity index (χ2v) is 27.3. The van der Waals surface area contributed by atoms with Gasteiger partial charge < -0.3 is 59.3 Å². The van der Waals surface area contributed by atoms with Gasteiger partial charge in [-0.25, -0.2) is 9.93 Å². The predicted octanol–water partition coefficient (Wildman–Crippen LogP) is 5.82. The molecule has 1 unspecified atom stereocenters. The van der Waals surface area contributed by atoms with E-state index in [9.17, 15) is 52.2 Å². The number of rotatable bonds is 21. The van der Waals surface area contributed by atoms with E-state index in [4.69, 9.17) is 44.0 Å². The zero-order valence-corrected chi connectivity index (χ0v) is 56.5. The molecule has 2 amide bonds. The lowest BCUT2D eigenvalue weighted by atomic mass is 9.78. The normalized spacial score (nSPS) is 33.1. The Labute approximate surface area is 535 Å². The highest BCUT2D eigenvalue weighted by Crippen LogP contribution is 2.38. The highest BCUT2D eigenvalue weighted by atomic mass is 32.2. The van der Waals surface area contributed by atoms with E-state index in [1.54, 1.807) is 68.8 Å². The first kappa shape index (κ1) is 77.8. The number of amides is 2. The number of aliphatic hydroxyl groups excluding tert-OH is 1. The number of methoxy groups -OCH3 is 3. The zero-order chi connectivity index (χ0) is 67.2. The number of fused-ring (bicyclic) bond motifs is 3. The Balaban J connectivity index is 1.80. The number of ether oxygens (including phenoxy) is 7. The van der Waals surface area contributed by atoms with Gasteiger partial charge in [-0.3, -0.25) is 28.8 Å². The van der Waals surface area contributed by atoms with Crippen molar-refractivity contribution in [3.8, 4) is 0 Å². The maximum Gasteiger partial charge on any atom is 0.329 e. The van der Waals surface area contributed by atoms with E-state index < -0.39 is 130 Å². The highest BCUT2D eigenvalue weighted by Gasteiger charge is 2.53. The fraction of sp³-hybridized carbons (Fsp3) is 0.773. The van der Waals surface area contributed by atoms with Crippen LogP contribution in [-0.4, -0.2) is 179 Å². The second kappa shape index (κ2) is 37.3. The van der Waals surface area contributed by atoms with Gasteiger partial charge in [0, 0.05) is 64.5 Å². The van der Waals surface area contributed by atoms with Crippen molar-refractivity contribution in [3.05, 3.63) is 47.6 Å². The number of carbonyl (C=O) groups is 7. The molecule has 0 aromatic carbocycles. The number of Topliss-reactive ketones (excluding diaryl/α,β-unsaturated/α-hetero) is 3. The minimum Gasteiger partial charge on any atom is -0.460 e. The lowest BCUT2D eigenvalue weighted by molar-refractivity contribution is -0.265. The summed E-state index contributed by atoms with van der Waals surface area (Å²) in [4.78, 5) is 103. The molecule has 4 rings (SSSR count). The van der Waals surface area contributed by atoms with Crippen molar-refractivity contribution in [3.63, 3.8) is 0 Å². The lowest BCUT2D eigenvalue weighted by Gasteiger charge is -2.42. The van der Waals surface area contributed by atoms with Crippen molar-refractivity contribution in [1.82, 2.24) is 14.9 Å². The average Bonchev–Trinajstić information content (AvgIpc) is 0.852. The van der Waals surface area contributed by atoms with E-state index in [2.05, 4.69) is 10.0 Å². The van der Waals surface area contributed by atoms with Gasteiger partial charge >= 0.3 is 11.9 Å². The molecule has 3 fully saturated rings. The number of cyclic esters (lactones) is 1. The van der Waals surface area contributed by atoms with Crippen molar-refractivity contribution in [2.75, 3.05) is 47.6 Å². The lowest BCUT2D eigenvalue weighted by Crippen LogP contribution is -2.61. The molecule has 19 atom stereocenters. The molecule has 1 saturated carbocycles. The molecule has 1 aliphatic carbocycles. The Morgan fingerprint density at radius 1 is 0.856 bits per heavy atom. The molecule has 3 aliphatic heterocycles. The van der Waals surface area contributed by atoms with Gasteiger partial charge in [-0.2, -0.15) is 13.1 Å². The van der Waals surface area contributed by atoms with Crippen LogP contribution in [0.25, 0.3) is 0 Å². The summed E-state index contributed by atoms with van der Waals surface area (Å²) in [5.74, 6) is -12.1. The number of nitrogens with two attached hydrogens (primary N) is 2. The quantitative estimate of drug-likeness (QED) is 0.0341. The Hall–Kier alpha value is -4.60.